The van der Waals surface area contributed by atoms with Crippen molar-refractivity contribution in [3.8, 4) is 0 Å². The van der Waals surface area contributed by atoms with E-state index < -0.39 is 6.04 Å². The number of ether oxygens (including phenoxy) is 1. The topological polar surface area (TPSA) is 89.0 Å². The summed E-state index contributed by atoms with van der Waals surface area (Å²) in [5.74, 6) is 0.192. The number of rotatable bonds is 3. The van der Waals surface area contributed by atoms with Gasteiger partial charge in [0.2, 0.25) is 5.91 Å². The molecule has 2 fully saturated rings. The van der Waals surface area contributed by atoms with Gasteiger partial charge in [-0.25, -0.2) is 0 Å². The molecule has 9 heteroatoms. The number of thiophene rings is 1. The zero-order chi connectivity index (χ0) is 18.1. The fourth-order valence-electron chi connectivity index (χ4n) is 3.64. The van der Waals surface area contributed by atoms with E-state index in [1.165, 1.54) is 11.3 Å². The molecule has 2 amide bonds. The van der Waals surface area contributed by atoms with Crippen molar-refractivity contribution < 1.29 is 18.7 Å². The van der Waals surface area contributed by atoms with Crippen LogP contribution in [0.15, 0.2) is 22.8 Å². The Morgan fingerprint density at radius 1 is 1.15 bits per heavy atom. The molecule has 0 spiro atoms. The number of nitrogens with zero attached hydrogens (tertiary/aromatic N) is 2. The van der Waals surface area contributed by atoms with Gasteiger partial charge in [0, 0.05) is 45.5 Å². The zero-order valence-corrected chi connectivity index (χ0v) is 16.6. The minimum Gasteiger partial charge on any atom is -0.463 e. The van der Waals surface area contributed by atoms with Gasteiger partial charge >= 0.3 is 0 Å². The SMILES string of the molecule is Cl.NC(C(=O)N1CCN(C(=O)c2cc3occc3s2)CC1)C1CCOCC1. The Hall–Kier alpha value is -1.61. The molecule has 27 heavy (non-hydrogen) atoms. The lowest BCUT2D eigenvalue weighted by Crippen LogP contribution is -2.56. The molecule has 0 aliphatic carbocycles. The van der Waals surface area contributed by atoms with Gasteiger partial charge in [0.1, 0.15) is 5.58 Å². The van der Waals surface area contributed by atoms with Crippen molar-refractivity contribution in [3.63, 3.8) is 0 Å². The van der Waals surface area contributed by atoms with Crippen LogP contribution in [0.2, 0.25) is 0 Å². The number of carbonyl (C=O) groups is 2. The van der Waals surface area contributed by atoms with Crippen LogP contribution in [0, 0.1) is 5.92 Å². The van der Waals surface area contributed by atoms with Gasteiger partial charge in [-0.1, -0.05) is 0 Å². The van der Waals surface area contributed by atoms with E-state index in [2.05, 4.69) is 0 Å². The molecule has 2 aromatic rings. The molecule has 2 aromatic heterocycles. The van der Waals surface area contributed by atoms with Crippen molar-refractivity contribution in [1.82, 2.24) is 9.80 Å². The Morgan fingerprint density at radius 2 is 1.81 bits per heavy atom. The second-order valence-electron chi connectivity index (χ2n) is 6.85. The highest BCUT2D eigenvalue weighted by atomic mass is 35.5. The van der Waals surface area contributed by atoms with Crippen LogP contribution in [0.25, 0.3) is 10.3 Å². The van der Waals surface area contributed by atoms with Gasteiger partial charge in [0.25, 0.3) is 5.91 Å². The molecular weight excluding hydrogens is 390 g/mol. The van der Waals surface area contributed by atoms with E-state index in [-0.39, 0.29) is 30.1 Å². The van der Waals surface area contributed by atoms with Gasteiger partial charge in [0.15, 0.2) is 0 Å². The third-order valence-corrected chi connectivity index (χ3v) is 6.36. The number of piperazine rings is 1. The molecule has 0 bridgehead atoms. The Bertz CT molecular complexity index is 765. The highest BCUT2D eigenvalue weighted by Crippen LogP contribution is 2.27. The fourth-order valence-corrected chi connectivity index (χ4v) is 4.59. The van der Waals surface area contributed by atoms with Crippen molar-refractivity contribution in [2.45, 2.75) is 18.9 Å². The maximum atomic E-state index is 12.7. The molecule has 4 rings (SSSR count). The largest absolute Gasteiger partial charge is 0.463 e. The number of hydrogen-bond acceptors (Lipinski definition) is 6. The van der Waals surface area contributed by atoms with Crippen molar-refractivity contribution in [1.29, 1.82) is 0 Å². The first kappa shape index (κ1) is 20.1. The molecule has 7 nitrogen and oxygen atoms in total. The highest BCUT2D eigenvalue weighted by Gasteiger charge is 2.32. The summed E-state index contributed by atoms with van der Waals surface area (Å²) in [6.45, 7) is 3.48. The molecule has 2 aliphatic rings. The number of hydrogen-bond donors (Lipinski definition) is 1. The van der Waals surface area contributed by atoms with Crippen LogP contribution in [-0.4, -0.2) is 67.0 Å². The molecule has 0 aromatic carbocycles. The van der Waals surface area contributed by atoms with E-state index >= 15 is 0 Å². The smallest absolute Gasteiger partial charge is 0.264 e. The number of nitrogens with two attached hydrogens (primary N) is 1. The predicted octanol–water partition coefficient (Wildman–Crippen LogP) is 1.95. The number of carbonyl (C=O) groups excluding carboxylic acids is 2. The molecule has 2 N–H and O–H groups in total. The van der Waals surface area contributed by atoms with Crippen LogP contribution in [0.3, 0.4) is 0 Å². The summed E-state index contributed by atoms with van der Waals surface area (Å²) < 4.78 is 11.7. The quantitative estimate of drug-likeness (QED) is 0.830. The third kappa shape index (κ3) is 4.13. The van der Waals surface area contributed by atoms with Gasteiger partial charge in [0.05, 0.1) is 21.9 Å². The van der Waals surface area contributed by atoms with E-state index in [4.69, 9.17) is 14.9 Å². The normalized spacial score (nSPS) is 19.7. The summed E-state index contributed by atoms with van der Waals surface area (Å²) in [7, 11) is 0. The molecule has 4 heterocycles. The Kier molecular flexibility index (Phi) is 6.41. The summed E-state index contributed by atoms with van der Waals surface area (Å²) in [6, 6.07) is 3.19. The monoisotopic (exact) mass is 413 g/mol. The van der Waals surface area contributed by atoms with Crippen molar-refractivity contribution >= 4 is 45.8 Å². The summed E-state index contributed by atoms with van der Waals surface area (Å²) in [6.07, 6.45) is 3.30. The molecular formula is C18H24ClN3O4S. The average molecular weight is 414 g/mol. The second-order valence-corrected chi connectivity index (χ2v) is 7.94. The summed E-state index contributed by atoms with van der Waals surface area (Å²) >= 11 is 1.44. The minimum absolute atomic E-state index is 0. The Morgan fingerprint density at radius 3 is 2.48 bits per heavy atom. The fraction of sp³-hybridized carbons (Fsp3) is 0.556. The van der Waals surface area contributed by atoms with Gasteiger partial charge in [-0.2, -0.15) is 0 Å². The molecule has 148 valence electrons. The third-order valence-electron chi connectivity index (χ3n) is 5.29. The summed E-state index contributed by atoms with van der Waals surface area (Å²) in [5.41, 5.74) is 6.95. The number of furan rings is 1. The van der Waals surface area contributed by atoms with Gasteiger partial charge in [-0.05, 0) is 24.8 Å². The second kappa shape index (κ2) is 8.60. The molecule has 0 radical (unpaired) electrons. The molecule has 2 saturated heterocycles. The van der Waals surface area contributed by atoms with Crippen LogP contribution in [-0.2, 0) is 9.53 Å². The van der Waals surface area contributed by atoms with Gasteiger partial charge in [-0.15, -0.1) is 23.7 Å². The number of fused-ring (bicyclic) bond motifs is 1. The van der Waals surface area contributed by atoms with E-state index in [1.54, 1.807) is 22.1 Å². The van der Waals surface area contributed by atoms with Gasteiger partial charge in [-0.3, -0.25) is 9.59 Å². The van der Waals surface area contributed by atoms with E-state index in [1.807, 2.05) is 6.07 Å². The Balaban J connectivity index is 0.00000210. The lowest BCUT2D eigenvalue weighted by molar-refractivity contribution is -0.136. The lowest BCUT2D eigenvalue weighted by Gasteiger charge is -2.37. The van der Waals surface area contributed by atoms with Crippen molar-refractivity contribution in [2.75, 3.05) is 39.4 Å². The molecule has 0 saturated carbocycles. The van der Waals surface area contributed by atoms with E-state index in [0.717, 1.165) is 23.1 Å². The maximum Gasteiger partial charge on any atom is 0.264 e. The van der Waals surface area contributed by atoms with E-state index in [0.29, 0.717) is 44.3 Å². The van der Waals surface area contributed by atoms with E-state index in [9.17, 15) is 9.59 Å². The van der Waals surface area contributed by atoms with Gasteiger partial charge < -0.3 is 24.7 Å². The number of halogens is 1. The average Bonchev–Trinajstić information content (AvgIpc) is 3.29. The van der Waals surface area contributed by atoms with Crippen LogP contribution >= 0.6 is 23.7 Å². The minimum atomic E-state index is -0.467. The number of amides is 2. The van der Waals surface area contributed by atoms with Crippen LogP contribution in [0.5, 0.6) is 0 Å². The molecule has 1 unspecified atom stereocenters. The zero-order valence-electron chi connectivity index (χ0n) is 15.0. The lowest BCUT2D eigenvalue weighted by atomic mass is 9.91. The first-order valence-electron chi connectivity index (χ1n) is 9.02. The van der Waals surface area contributed by atoms with Crippen LogP contribution in [0.4, 0.5) is 0 Å². The molecule has 1 atom stereocenters. The van der Waals surface area contributed by atoms with Crippen molar-refractivity contribution in [2.24, 2.45) is 11.7 Å². The Labute approximate surface area is 167 Å². The van der Waals surface area contributed by atoms with Crippen molar-refractivity contribution in [3.05, 3.63) is 23.3 Å². The standard InChI is InChI=1S/C18H23N3O4S.ClH/c19-16(12-1-8-24-9-2-12)18(23)21-6-4-20(5-7-21)17(22)15-11-13-14(26-15)3-10-25-13;/h3,10-12,16H,1-2,4-9,19H2;1H. The first-order valence-corrected chi connectivity index (χ1v) is 9.83. The highest BCUT2D eigenvalue weighted by molar-refractivity contribution is 7.20. The summed E-state index contributed by atoms with van der Waals surface area (Å²) in [5, 5.41) is 0. The maximum absolute atomic E-state index is 12.7. The summed E-state index contributed by atoms with van der Waals surface area (Å²) in [4.78, 5) is 29.6. The van der Waals surface area contributed by atoms with Crippen LogP contribution in [0.1, 0.15) is 22.5 Å². The molecule has 2 aliphatic heterocycles. The van der Waals surface area contributed by atoms with Crippen LogP contribution < -0.4 is 5.73 Å². The first-order chi connectivity index (χ1) is 12.6. The predicted molar refractivity (Wildman–Crippen MR) is 105 cm³/mol.